The summed E-state index contributed by atoms with van der Waals surface area (Å²) in [6, 6.07) is 8.75. The van der Waals surface area contributed by atoms with Gasteiger partial charge in [0.2, 0.25) is 0 Å². The molecule has 0 saturated heterocycles. The van der Waals surface area contributed by atoms with Crippen molar-refractivity contribution < 1.29 is 18.0 Å². The molecule has 5 nitrogen and oxygen atoms in total. The first kappa shape index (κ1) is 21.8. The van der Waals surface area contributed by atoms with Crippen molar-refractivity contribution in [2.24, 2.45) is 0 Å². The second kappa shape index (κ2) is 8.61. The van der Waals surface area contributed by atoms with Crippen molar-refractivity contribution >= 4 is 5.91 Å². The number of carbonyl (C=O) groups excluding carboxylic acids is 1. The van der Waals surface area contributed by atoms with E-state index in [-0.39, 0.29) is 18.0 Å². The highest BCUT2D eigenvalue weighted by molar-refractivity contribution is 5.94. The zero-order valence-electron chi connectivity index (χ0n) is 17.5. The SMILES string of the molecule is Cc1c2c([nH]c(=O)c1CNC(=O)c1ccc(-c3ccc(C(F)(F)F)nc3)cc1)CCCC2. The maximum Gasteiger partial charge on any atom is 0.433 e. The highest BCUT2D eigenvalue weighted by Gasteiger charge is 2.32. The van der Waals surface area contributed by atoms with Crippen LogP contribution in [0.15, 0.2) is 47.4 Å². The monoisotopic (exact) mass is 441 g/mol. The fourth-order valence-corrected chi connectivity index (χ4v) is 4.05. The first-order valence-electron chi connectivity index (χ1n) is 10.4. The molecular formula is C24H22F3N3O2. The molecule has 0 atom stereocenters. The number of nitrogens with zero attached hydrogens (tertiary/aromatic N) is 1. The first-order valence-corrected chi connectivity index (χ1v) is 10.4. The van der Waals surface area contributed by atoms with E-state index in [1.807, 2.05) is 6.92 Å². The fourth-order valence-electron chi connectivity index (χ4n) is 4.05. The number of nitrogens with one attached hydrogen (secondary N) is 2. The van der Waals surface area contributed by atoms with E-state index in [9.17, 15) is 22.8 Å². The molecule has 1 amide bonds. The normalized spacial score (nSPS) is 13.5. The summed E-state index contributed by atoms with van der Waals surface area (Å²) >= 11 is 0. The lowest BCUT2D eigenvalue weighted by Crippen LogP contribution is -2.29. The quantitative estimate of drug-likeness (QED) is 0.623. The molecule has 0 radical (unpaired) electrons. The van der Waals surface area contributed by atoms with Crippen LogP contribution in [0.2, 0.25) is 0 Å². The zero-order chi connectivity index (χ0) is 22.9. The van der Waals surface area contributed by atoms with E-state index in [1.165, 1.54) is 11.6 Å². The Balaban J connectivity index is 1.45. The summed E-state index contributed by atoms with van der Waals surface area (Å²) in [5, 5.41) is 2.79. The largest absolute Gasteiger partial charge is 0.433 e. The first-order chi connectivity index (χ1) is 15.2. The van der Waals surface area contributed by atoms with Gasteiger partial charge in [0.05, 0.1) is 0 Å². The number of pyridine rings is 2. The van der Waals surface area contributed by atoms with Gasteiger partial charge in [-0.25, -0.2) is 0 Å². The van der Waals surface area contributed by atoms with Crippen LogP contribution in [-0.4, -0.2) is 15.9 Å². The lowest BCUT2D eigenvalue weighted by atomic mass is 9.90. The van der Waals surface area contributed by atoms with Crippen molar-refractivity contribution in [2.45, 2.75) is 45.3 Å². The lowest BCUT2D eigenvalue weighted by molar-refractivity contribution is -0.141. The van der Waals surface area contributed by atoms with Gasteiger partial charge in [-0.05, 0) is 67.5 Å². The standard InChI is InChI=1S/C24H22F3N3O2/c1-14-18-4-2-3-5-20(18)30-23(32)19(14)13-29-22(31)16-8-6-15(7-9-16)17-10-11-21(28-12-17)24(25,26)27/h6-12H,2-5,13H2,1H3,(H,29,31)(H,30,32). The fraction of sp³-hybridized carbons (Fsp3) is 0.292. The van der Waals surface area contributed by atoms with Crippen molar-refractivity contribution in [3.05, 3.63) is 86.6 Å². The number of halogens is 3. The molecule has 2 N–H and O–H groups in total. The third kappa shape index (κ3) is 4.44. The molecule has 4 rings (SSSR count). The summed E-state index contributed by atoms with van der Waals surface area (Å²) in [5.74, 6) is -0.335. The molecule has 2 heterocycles. The molecule has 0 fully saturated rings. The van der Waals surface area contributed by atoms with Crippen LogP contribution >= 0.6 is 0 Å². The Kier molecular flexibility index (Phi) is 5.86. The van der Waals surface area contributed by atoms with Crippen LogP contribution < -0.4 is 10.9 Å². The van der Waals surface area contributed by atoms with E-state index >= 15 is 0 Å². The minimum Gasteiger partial charge on any atom is -0.348 e. The average Bonchev–Trinajstić information content (AvgIpc) is 2.78. The maximum absolute atomic E-state index is 12.7. The van der Waals surface area contributed by atoms with Crippen LogP contribution in [-0.2, 0) is 25.6 Å². The molecule has 0 spiro atoms. The van der Waals surface area contributed by atoms with Crippen molar-refractivity contribution in [2.75, 3.05) is 0 Å². The van der Waals surface area contributed by atoms with Gasteiger partial charge in [0, 0.05) is 35.1 Å². The Morgan fingerprint density at radius 2 is 1.75 bits per heavy atom. The number of aryl methyl sites for hydroxylation is 1. The Morgan fingerprint density at radius 3 is 2.41 bits per heavy atom. The Bertz CT molecular complexity index is 1200. The molecule has 1 aliphatic rings. The maximum atomic E-state index is 12.7. The molecule has 1 aliphatic carbocycles. The van der Waals surface area contributed by atoms with Crippen molar-refractivity contribution in [3.8, 4) is 11.1 Å². The lowest BCUT2D eigenvalue weighted by Gasteiger charge is -2.20. The van der Waals surface area contributed by atoms with E-state index < -0.39 is 11.9 Å². The number of hydrogen-bond acceptors (Lipinski definition) is 3. The predicted molar refractivity (Wildman–Crippen MR) is 114 cm³/mol. The van der Waals surface area contributed by atoms with Crippen LogP contribution in [0.25, 0.3) is 11.1 Å². The number of benzene rings is 1. The number of alkyl halides is 3. The summed E-state index contributed by atoms with van der Waals surface area (Å²) < 4.78 is 38.0. The molecule has 3 aromatic rings. The minimum absolute atomic E-state index is 0.123. The number of H-pyrrole nitrogens is 1. The summed E-state index contributed by atoms with van der Waals surface area (Å²) in [7, 11) is 0. The van der Waals surface area contributed by atoms with Gasteiger partial charge in [0.1, 0.15) is 5.69 Å². The molecule has 0 aliphatic heterocycles. The number of carbonyl (C=O) groups is 1. The van der Waals surface area contributed by atoms with E-state index in [4.69, 9.17) is 0 Å². The number of rotatable bonds is 4. The van der Waals surface area contributed by atoms with Crippen LogP contribution in [0.1, 0.15) is 51.3 Å². The zero-order valence-corrected chi connectivity index (χ0v) is 17.5. The van der Waals surface area contributed by atoms with Crippen molar-refractivity contribution in [1.29, 1.82) is 0 Å². The van der Waals surface area contributed by atoms with Crippen molar-refractivity contribution in [3.63, 3.8) is 0 Å². The van der Waals surface area contributed by atoms with Gasteiger partial charge < -0.3 is 10.3 Å². The molecule has 0 unspecified atom stereocenters. The molecule has 1 aromatic carbocycles. The van der Waals surface area contributed by atoms with Crippen LogP contribution in [0.4, 0.5) is 13.2 Å². The molecule has 32 heavy (non-hydrogen) atoms. The van der Waals surface area contributed by atoms with E-state index in [0.29, 0.717) is 22.3 Å². The smallest absolute Gasteiger partial charge is 0.348 e. The van der Waals surface area contributed by atoms with Crippen LogP contribution in [0.3, 0.4) is 0 Å². The molecule has 0 bridgehead atoms. The van der Waals surface area contributed by atoms with Gasteiger partial charge in [0.15, 0.2) is 0 Å². The third-order valence-corrected chi connectivity index (χ3v) is 5.87. The van der Waals surface area contributed by atoms with Gasteiger partial charge in [0.25, 0.3) is 11.5 Å². The second-order valence-electron chi connectivity index (χ2n) is 7.91. The van der Waals surface area contributed by atoms with Crippen LogP contribution in [0, 0.1) is 6.92 Å². The number of hydrogen-bond donors (Lipinski definition) is 2. The van der Waals surface area contributed by atoms with Crippen LogP contribution in [0.5, 0.6) is 0 Å². The topological polar surface area (TPSA) is 74.8 Å². The van der Waals surface area contributed by atoms with E-state index in [1.54, 1.807) is 24.3 Å². The summed E-state index contributed by atoms with van der Waals surface area (Å²) in [4.78, 5) is 31.5. The average molecular weight is 441 g/mol. The Labute approximate surface area is 182 Å². The molecule has 8 heteroatoms. The number of amides is 1. The Morgan fingerprint density at radius 1 is 1.06 bits per heavy atom. The summed E-state index contributed by atoms with van der Waals surface area (Å²) in [5.41, 5.74) is 4.10. The minimum atomic E-state index is -4.49. The Hall–Kier alpha value is -3.42. The van der Waals surface area contributed by atoms with E-state index in [2.05, 4.69) is 15.3 Å². The van der Waals surface area contributed by atoms with Gasteiger partial charge in [-0.2, -0.15) is 13.2 Å². The summed E-state index contributed by atoms with van der Waals surface area (Å²) in [6.45, 7) is 2.05. The number of aromatic nitrogens is 2. The number of fused-ring (bicyclic) bond motifs is 1. The van der Waals surface area contributed by atoms with Crippen molar-refractivity contribution in [1.82, 2.24) is 15.3 Å². The van der Waals surface area contributed by atoms with Gasteiger partial charge in [-0.1, -0.05) is 18.2 Å². The number of aromatic amines is 1. The molecule has 0 saturated carbocycles. The highest BCUT2D eigenvalue weighted by Crippen LogP contribution is 2.29. The van der Waals surface area contributed by atoms with E-state index in [0.717, 1.165) is 49.2 Å². The van der Waals surface area contributed by atoms with Gasteiger partial charge >= 0.3 is 6.18 Å². The van der Waals surface area contributed by atoms with Gasteiger partial charge in [-0.3, -0.25) is 14.6 Å². The predicted octanol–water partition coefficient (Wildman–Crippen LogP) is 4.57. The van der Waals surface area contributed by atoms with Gasteiger partial charge in [-0.15, -0.1) is 0 Å². The summed E-state index contributed by atoms with van der Waals surface area (Å²) in [6.07, 6.45) is 0.628. The highest BCUT2D eigenvalue weighted by atomic mass is 19.4. The molecule has 166 valence electrons. The third-order valence-electron chi connectivity index (χ3n) is 5.87. The molecular weight excluding hydrogens is 419 g/mol. The molecule has 2 aromatic heterocycles. The second-order valence-corrected chi connectivity index (χ2v) is 7.91.